The summed E-state index contributed by atoms with van der Waals surface area (Å²) in [5.41, 5.74) is 2.79. The molecular formula is C25H23N3O2. The zero-order valence-corrected chi connectivity index (χ0v) is 16.6. The highest BCUT2D eigenvalue weighted by Gasteiger charge is 2.17. The second-order valence-corrected chi connectivity index (χ2v) is 7.02. The number of rotatable bonds is 8. The Morgan fingerprint density at radius 2 is 1.37 bits per heavy atom. The summed E-state index contributed by atoms with van der Waals surface area (Å²) in [6, 6.07) is 29.3. The van der Waals surface area contributed by atoms with Crippen LogP contribution in [0.25, 0.3) is 11.4 Å². The number of carbonyl (C=O) groups is 1. The molecule has 4 rings (SSSR count). The van der Waals surface area contributed by atoms with E-state index in [1.807, 2.05) is 83.8 Å². The van der Waals surface area contributed by atoms with Crippen molar-refractivity contribution in [1.29, 1.82) is 0 Å². The lowest BCUT2D eigenvalue weighted by atomic mass is 10.1. The molecule has 5 nitrogen and oxygen atoms in total. The van der Waals surface area contributed by atoms with Gasteiger partial charge in [-0.05, 0) is 24.1 Å². The molecule has 0 N–H and O–H groups in total. The summed E-state index contributed by atoms with van der Waals surface area (Å²) >= 11 is 0. The van der Waals surface area contributed by atoms with Crippen molar-refractivity contribution < 1.29 is 9.32 Å². The fourth-order valence-electron chi connectivity index (χ4n) is 3.28. The van der Waals surface area contributed by atoms with Crippen molar-refractivity contribution in [3.8, 4) is 11.4 Å². The van der Waals surface area contributed by atoms with Gasteiger partial charge in [0.1, 0.15) is 0 Å². The summed E-state index contributed by atoms with van der Waals surface area (Å²) in [4.78, 5) is 19.4. The first-order valence-electron chi connectivity index (χ1n) is 10.1. The molecule has 1 aromatic heterocycles. The molecule has 0 aliphatic carbocycles. The molecule has 0 unspecified atom stereocenters. The van der Waals surface area contributed by atoms with Crippen molar-refractivity contribution in [1.82, 2.24) is 15.0 Å². The van der Waals surface area contributed by atoms with E-state index in [1.165, 1.54) is 5.56 Å². The van der Waals surface area contributed by atoms with E-state index in [1.54, 1.807) is 0 Å². The molecule has 0 radical (unpaired) electrons. The molecule has 0 bridgehead atoms. The first kappa shape index (κ1) is 19.6. The fraction of sp³-hybridized carbons (Fsp3) is 0.160. The highest BCUT2D eigenvalue weighted by Crippen LogP contribution is 2.15. The number of aromatic nitrogens is 2. The van der Waals surface area contributed by atoms with Gasteiger partial charge in [0.15, 0.2) is 0 Å². The normalized spacial score (nSPS) is 10.7. The number of amides is 1. The van der Waals surface area contributed by atoms with Crippen LogP contribution in [0.1, 0.15) is 21.8 Å². The third-order valence-corrected chi connectivity index (χ3v) is 4.92. The topological polar surface area (TPSA) is 59.2 Å². The average Bonchev–Trinajstić information content (AvgIpc) is 3.30. The SMILES string of the molecule is O=C(c1ccccc1)N(CCc1ccccc1)CCc1nc(-c2ccccc2)no1. The zero-order chi connectivity index (χ0) is 20.6. The Labute approximate surface area is 176 Å². The Morgan fingerprint density at radius 3 is 2.07 bits per heavy atom. The van der Waals surface area contributed by atoms with E-state index in [9.17, 15) is 4.79 Å². The van der Waals surface area contributed by atoms with Crippen molar-refractivity contribution in [2.24, 2.45) is 0 Å². The van der Waals surface area contributed by atoms with Crippen LogP contribution < -0.4 is 0 Å². The fourth-order valence-corrected chi connectivity index (χ4v) is 3.28. The van der Waals surface area contributed by atoms with E-state index in [0.717, 1.165) is 12.0 Å². The third kappa shape index (κ3) is 5.00. The van der Waals surface area contributed by atoms with Crippen LogP contribution in [0.4, 0.5) is 0 Å². The van der Waals surface area contributed by atoms with E-state index in [0.29, 0.717) is 36.8 Å². The van der Waals surface area contributed by atoms with Crippen LogP contribution in [0.2, 0.25) is 0 Å². The van der Waals surface area contributed by atoms with Gasteiger partial charge in [-0.15, -0.1) is 0 Å². The van der Waals surface area contributed by atoms with Crippen LogP contribution >= 0.6 is 0 Å². The minimum atomic E-state index is 0.00864. The van der Waals surface area contributed by atoms with Crippen molar-refractivity contribution >= 4 is 5.91 Å². The van der Waals surface area contributed by atoms with Gasteiger partial charge >= 0.3 is 0 Å². The summed E-state index contributed by atoms with van der Waals surface area (Å²) in [7, 11) is 0. The minimum absolute atomic E-state index is 0.00864. The molecule has 0 saturated heterocycles. The Hall–Kier alpha value is -3.73. The molecule has 0 fully saturated rings. The lowest BCUT2D eigenvalue weighted by Gasteiger charge is -2.22. The first-order valence-corrected chi connectivity index (χ1v) is 10.1. The number of hydrogen-bond donors (Lipinski definition) is 0. The van der Waals surface area contributed by atoms with Gasteiger partial charge in [-0.2, -0.15) is 4.98 Å². The molecule has 0 aliphatic rings. The van der Waals surface area contributed by atoms with Gasteiger partial charge in [0.05, 0.1) is 0 Å². The number of nitrogens with zero attached hydrogens (tertiary/aromatic N) is 3. The lowest BCUT2D eigenvalue weighted by Crippen LogP contribution is -2.34. The molecule has 3 aromatic carbocycles. The van der Waals surface area contributed by atoms with E-state index >= 15 is 0 Å². The molecule has 0 atom stereocenters. The van der Waals surface area contributed by atoms with Crippen molar-refractivity contribution in [3.05, 3.63) is 108 Å². The molecule has 0 saturated carbocycles. The van der Waals surface area contributed by atoms with Gasteiger partial charge in [-0.1, -0.05) is 84.0 Å². The van der Waals surface area contributed by atoms with Crippen LogP contribution in [0.15, 0.2) is 95.5 Å². The second kappa shape index (κ2) is 9.65. The van der Waals surface area contributed by atoms with Crippen LogP contribution in [-0.4, -0.2) is 34.0 Å². The van der Waals surface area contributed by atoms with Gasteiger partial charge < -0.3 is 9.42 Å². The quantitative estimate of drug-likeness (QED) is 0.434. The summed E-state index contributed by atoms with van der Waals surface area (Å²) in [6.07, 6.45) is 1.30. The standard InChI is InChI=1S/C25H23N3O2/c29-25(22-14-8-3-9-15-22)28(18-16-20-10-4-1-5-11-20)19-17-23-26-24(27-30-23)21-12-6-2-7-13-21/h1-15H,16-19H2. The summed E-state index contributed by atoms with van der Waals surface area (Å²) in [5.74, 6) is 1.10. The maximum absolute atomic E-state index is 13.1. The molecule has 30 heavy (non-hydrogen) atoms. The Bertz CT molecular complexity index is 1060. The summed E-state index contributed by atoms with van der Waals surface area (Å²) < 4.78 is 5.42. The Balaban J connectivity index is 1.45. The van der Waals surface area contributed by atoms with Gasteiger partial charge in [-0.3, -0.25) is 4.79 Å². The predicted octanol–water partition coefficient (Wildman–Crippen LogP) is 4.66. The molecule has 0 aliphatic heterocycles. The number of carbonyl (C=O) groups excluding carboxylic acids is 1. The molecule has 5 heteroatoms. The van der Waals surface area contributed by atoms with E-state index in [2.05, 4.69) is 22.3 Å². The second-order valence-electron chi connectivity index (χ2n) is 7.02. The van der Waals surface area contributed by atoms with Gasteiger partial charge in [0.25, 0.3) is 5.91 Å². The van der Waals surface area contributed by atoms with Crippen molar-refractivity contribution in [3.63, 3.8) is 0 Å². The van der Waals surface area contributed by atoms with Crippen molar-refractivity contribution in [2.75, 3.05) is 13.1 Å². The van der Waals surface area contributed by atoms with Crippen LogP contribution in [0, 0.1) is 0 Å². The minimum Gasteiger partial charge on any atom is -0.339 e. The van der Waals surface area contributed by atoms with Gasteiger partial charge in [0.2, 0.25) is 11.7 Å². The highest BCUT2D eigenvalue weighted by atomic mass is 16.5. The van der Waals surface area contributed by atoms with Gasteiger partial charge in [-0.25, -0.2) is 0 Å². The molecule has 4 aromatic rings. The van der Waals surface area contributed by atoms with Crippen molar-refractivity contribution in [2.45, 2.75) is 12.8 Å². The molecule has 0 spiro atoms. The first-order chi connectivity index (χ1) is 14.8. The zero-order valence-electron chi connectivity index (χ0n) is 16.6. The molecule has 150 valence electrons. The van der Waals surface area contributed by atoms with Crippen LogP contribution in [-0.2, 0) is 12.8 Å². The predicted molar refractivity (Wildman–Crippen MR) is 116 cm³/mol. The monoisotopic (exact) mass is 397 g/mol. The number of hydrogen-bond acceptors (Lipinski definition) is 4. The van der Waals surface area contributed by atoms with E-state index in [4.69, 9.17) is 4.52 Å². The Kier molecular flexibility index (Phi) is 6.30. The summed E-state index contributed by atoms with van der Waals surface area (Å²) in [5, 5.41) is 4.07. The number of benzene rings is 3. The molecular weight excluding hydrogens is 374 g/mol. The average molecular weight is 397 g/mol. The third-order valence-electron chi connectivity index (χ3n) is 4.92. The van der Waals surface area contributed by atoms with E-state index in [-0.39, 0.29) is 5.91 Å². The van der Waals surface area contributed by atoms with Crippen LogP contribution in [0.5, 0.6) is 0 Å². The molecule has 1 heterocycles. The highest BCUT2D eigenvalue weighted by molar-refractivity contribution is 5.94. The largest absolute Gasteiger partial charge is 0.339 e. The smallest absolute Gasteiger partial charge is 0.253 e. The lowest BCUT2D eigenvalue weighted by molar-refractivity contribution is 0.0756. The molecule has 1 amide bonds. The Morgan fingerprint density at radius 1 is 0.767 bits per heavy atom. The maximum Gasteiger partial charge on any atom is 0.253 e. The van der Waals surface area contributed by atoms with Crippen LogP contribution in [0.3, 0.4) is 0 Å². The van der Waals surface area contributed by atoms with E-state index < -0.39 is 0 Å². The maximum atomic E-state index is 13.1. The summed E-state index contributed by atoms with van der Waals surface area (Å²) in [6.45, 7) is 1.13. The van der Waals surface area contributed by atoms with Gasteiger partial charge in [0, 0.05) is 30.6 Å².